The fourth-order valence-corrected chi connectivity index (χ4v) is 3.66. The number of anilines is 1. The van der Waals surface area contributed by atoms with Crippen molar-refractivity contribution in [2.24, 2.45) is 5.14 Å². The molecule has 0 aliphatic heterocycles. The number of hydrogen-bond acceptors (Lipinski definition) is 5. The maximum Gasteiger partial charge on any atom is 0.263 e. The zero-order chi connectivity index (χ0) is 15.6. The van der Waals surface area contributed by atoms with Crippen LogP contribution in [0.25, 0.3) is 10.1 Å². The van der Waals surface area contributed by atoms with Gasteiger partial charge in [-0.2, -0.15) is 0 Å². The minimum absolute atomic E-state index is 0.158. The van der Waals surface area contributed by atoms with Gasteiger partial charge in [0.25, 0.3) is 5.91 Å². The van der Waals surface area contributed by atoms with E-state index in [9.17, 15) is 13.2 Å². The highest BCUT2D eigenvalue weighted by Crippen LogP contribution is 2.35. The number of benzene rings is 1. The molecule has 21 heavy (non-hydrogen) atoms. The average molecular weight is 327 g/mol. The molecule has 1 aromatic carbocycles. The molecule has 0 bridgehead atoms. The third kappa shape index (κ3) is 3.72. The number of amides is 1. The van der Waals surface area contributed by atoms with Crippen LogP contribution in [0.5, 0.6) is 0 Å². The summed E-state index contributed by atoms with van der Waals surface area (Å²) in [5.74, 6) is -0.448. The van der Waals surface area contributed by atoms with Gasteiger partial charge in [0, 0.05) is 16.6 Å². The van der Waals surface area contributed by atoms with Gasteiger partial charge in [0.2, 0.25) is 10.0 Å². The summed E-state index contributed by atoms with van der Waals surface area (Å²) in [6.07, 6.45) is 0.272. The molecule has 1 aromatic heterocycles. The molecule has 0 saturated carbocycles. The van der Waals surface area contributed by atoms with E-state index in [4.69, 9.17) is 10.9 Å². The molecule has 0 aliphatic rings. The number of aryl methyl sites for hydroxylation is 1. The number of nitrogens with two attached hydrogens (primary N) is 2. The number of thiophene rings is 1. The Morgan fingerprint density at radius 1 is 1.38 bits per heavy atom. The summed E-state index contributed by atoms with van der Waals surface area (Å²) in [7, 11) is -3.49. The van der Waals surface area contributed by atoms with Crippen LogP contribution in [-0.4, -0.2) is 26.6 Å². The van der Waals surface area contributed by atoms with Gasteiger partial charge in [-0.3, -0.25) is 4.79 Å². The Morgan fingerprint density at radius 2 is 2.10 bits per heavy atom. The van der Waals surface area contributed by atoms with Crippen molar-refractivity contribution in [3.05, 3.63) is 28.6 Å². The first-order valence-electron chi connectivity index (χ1n) is 6.36. The first kappa shape index (κ1) is 15.7. The van der Waals surface area contributed by atoms with Crippen molar-refractivity contribution in [3.8, 4) is 0 Å². The average Bonchev–Trinajstić information content (AvgIpc) is 2.73. The standard InChI is InChI=1S/C13H17N3O3S2/c1-8-4-2-5-9-10(14)12(20-11(8)9)13(17)16-6-3-7-21(15,18)19/h2,4-5H,3,6-7,14H2,1H3,(H,16,17)(H2,15,18,19). The third-order valence-electron chi connectivity index (χ3n) is 3.05. The van der Waals surface area contributed by atoms with Gasteiger partial charge >= 0.3 is 0 Å². The van der Waals surface area contributed by atoms with Crippen LogP contribution in [0, 0.1) is 6.92 Å². The van der Waals surface area contributed by atoms with Crippen molar-refractivity contribution in [2.75, 3.05) is 18.0 Å². The molecule has 114 valence electrons. The van der Waals surface area contributed by atoms with Crippen molar-refractivity contribution in [1.82, 2.24) is 5.32 Å². The van der Waals surface area contributed by atoms with E-state index in [1.54, 1.807) is 0 Å². The Hall–Kier alpha value is -1.64. The Morgan fingerprint density at radius 3 is 2.71 bits per heavy atom. The minimum Gasteiger partial charge on any atom is -0.397 e. The van der Waals surface area contributed by atoms with E-state index in [0.717, 1.165) is 15.6 Å². The zero-order valence-electron chi connectivity index (χ0n) is 11.5. The van der Waals surface area contributed by atoms with E-state index in [-0.39, 0.29) is 24.6 Å². The van der Waals surface area contributed by atoms with E-state index >= 15 is 0 Å². The molecule has 1 heterocycles. The van der Waals surface area contributed by atoms with Crippen molar-refractivity contribution < 1.29 is 13.2 Å². The van der Waals surface area contributed by atoms with Crippen LogP contribution < -0.4 is 16.2 Å². The van der Waals surface area contributed by atoms with Gasteiger partial charge in [-0.15, -0.1) is 11.3 Å². The van der Waals surface area contributed by atoms with Gasteiger partial charge in [0.1, 0.15) is 4.88 Å². The minimum atomic E-state index is -3.49. The Labute approximate surface area is 127 Å². The van der Waals surface area contributed by atoms with E-state index in [2.05, 4.69) is 5.32 Å². The summed E-state index contributed by atoms with van der Waals surface area (Å²) in [5, 5.41) is 8.43. The Bertz CT molecular complexity index is 781. The molecule has 0 unspecified atom stereocenters. The predicted molar refractivity (Wildman–Crippen MR) is 85.9 cm³/mol. The number of nitrogens with one attached hydrogen (secondary N) is 1. The Balaban J connectivity index is 2.10. The fraction of sp³-hybridized carbons (Fsp3) is 0.308. The maximum absolute atomic E-state index is 12.1. The van der Waals surface area contributed by atoms with E-state index in [0.29, 0.717) is 10.6 Å². The number of primary sulfonamides is 1. The predicted octanol–water partition coefficient (Wildman–Crippen LogP) is 1.20. The zero-order valence-corrected chi connectivity index (χ0v) is 13.2. The van der Waals surface area contributed by atoms with Gasteiger partial charge in [-0.1, -0.05) is 18.2 Å². The van der Waals surface area contributed by atoms with Crippen LogP contribution >= 0.6 is 11.3 Å². The molecule has 1 amide bonds. The van der Waals surface area contributed by atoms with Crippen molar-refractivity contribution in [3.63, 3.8) is 0 Å². The van der Waals surface area contributed by atoms with Crippen LogP contribution in [0.2, 0.25) is 0 Å². The SMILES string of the molecule is Cc1cccc2c(N)c(C(=O)NCCCS(N)(=O)=O)sc12. The summed E-state index contributed by atoms with van der Waals surface area (Å²) >= 11 is 1.34. The van der Waals surface area contributed by atoms with Gasteiger partial charge < -0.3 is 11.1 Å². The topological polar surface area (TPSA) is 115 Å². The Kier molecular flexibility index (Phi) is 4.50. The highest BCUT2D eigenvalue weighted by molar-refractivity contribution is 7.89. The summed E-state index contributed by atoms with van der Waals surface area (Å²) < 4.78 is 22.6. The van der Waals surface area contributed by atoms with Gasteiger partial charge in [-0.25, -0.2) is 13.6 Å². The van der Waals surface area contributed by atoms with Crippen molar-refractivity contribution in [2.45, 2.75) is 13.3 Å². The molecule has 0 atom stereocenters. The molecule has 8 heteroatoms. The van der Waals surface area contributed by atoms with Gasteiger partial charge in [0.15, 0.2) is 0 Å². The number of rotatable bonds is 5. The quantitative estimate of drug-likeness (QED) is 0.716. The van der Waals surface area contributed by atoms with E-state index in [1.807, 2.05) is 25.1 Å². The molecular weight excluding hydrogens is 310 g/mol. The normalized spacial score (nSPS) is 11.7. The number of fused-ring (bicyclic) bond motifs is 1. The lowest BCUT2D eigenvalue weighted by Gasteiger charge is -2.03. The summed E-state index contributed by atoms with van der Waals surface area (Å²) in [5.41, 5.74) is 7.54. The lowest BCUT2D eigenvalue weighted by atomic mass is 10.1. The molecule has 0 saturated heterocycles. The number of nitrogen functional groups attached to an aromatic ring is 1. The molecule has 2 aromatic rings. The fourth-order valence-electron chi connectivity index (χ4n) is 2.00. The first-order valence-corrected chi connectivity index (χ1v) is 8.89. The second-order valence-electron chi connectivity index (χ2n) is 4.77. The first-order chi connectivity index (χ1) is 9.79. The molecule has 0 spiro atoms. The van der Waals surface area contributed by atoms with Crippen LogP contribution in [0.1, 0.15) is 21.7 Å². The number of carbonyl (C=O) groups excluding carboxylic acids is 1. The largest absolute Gasteiger partial charge is 0.397 e. The number of sulfonamides is 1. The molecule has 0 aliphatic carbocycles. The second kappa shape index (κ2) is 6.00. The van der Waals surface area contributed by atoms with Crippen molar-refractivity contribution >= 4 is 43.0 Å². The highest BCUT2D eigenvalue weighted by Gasteiger charge is 2.16. The summed E-state index contributed by atoms with van der Waals surface area (Å²) in [6.45, 7) is 2.20. The highest BCUT2D eigenvalue weighted by atomic mass is 32.2. The smallest absolute Gasteiger partial charge is 0.263 e. The lowest BCUT2D eigenvalue weighted by Crippen LogP contribution is -2.27. The third-order valence-corrected chi connectivity index (χ3v) is 5.26. The monoisotopic (exact) mass is 327 g/mol. The molecule has 6 nitrogen and oxygen atoms in total. The van der Waals surface area contributed by atoms with Crippen LogP contribution in [0.15, 0.2) is 18.2 Å². The van der Waals surface area contributed by atoms with Crippen LogP contribution in [0.4, 0.5) is 5.69 Å². The van der Waals surface area contributed by atoms with Gasteiger partial charge in [-0.05, 0) is 18.9 Å². The number of hydrogen-bond donors (Lipinski definition) is 3. The summed E-state index contributed by atoms with van der Waals surface area (Å²) in [4.78, 5) is 12.6. The van der Waals surface area contributed by atoms with E-state index in [1.165, 1.54) is 11.3 Å². The van der Waals surface area contributed by atoms with Crippen LogP contribution in [0.3, 0.4) is 0 Å². The van der Waals surface area contributed by atoms with Gasteiger partial charge in [0.05, 0.1) is 11.4 Å². The number of carbonyl (C=O) groups is 1. The van der Waals surface area contributed by atoms with E-state index < -0.39 is 10.0 Å². The molecular formula is C13H17N3O3S2. The van der Waals surface area contributed by atoms with Crippen LogP contribution in [-0.2, 0) is 10.0 Å². The summed E-state index contributed by atoms with van der Waals surface area (Å²) in [6, 6.07) is 5.74. The van der Waals surface area contributed by atoms with Crippen molar-refractivity contribution in [1.29, 1.82) is 0 Å². The molecule has 0 fully saturated rings. The maximum atomic E-state index is 12.1. The molecule has 0 radical (unpaired) electrons. The molecule has 2 rings (SSSR count). The lowest BCUT2D eigenvalue weighted by molar-refractivity contribution is 0.0958. The second-order valence-corrected chi connectivity index (χ2v) is 7.53. The molecule has 5 N–H and O–H groups in total.